The largest absolute Gasteiger partial charge is 0.403 e. The molecule has 0 radical (unpaired) electrons. The minimum absolute atomic E-state index is 0.0728. The first-order valence-corrected chi connectivity index (χ1v) is 16.8. The Morgan fingerprint density at radius 3 is 0.824 bits per heavy atom. The zero-order chi connectivity index (χ0) is 24.0. The molecular weight excluding hydrogens is 449 g/mol. The molecule has 0 N–H and O–H groups in total. The van der Waals surface area contributed by atoms with Gasteiger partial charge in [0.15, 0.2) is 0 Å². The Bertz CT molecular complexity index is 978. The first kappa shape index (κ1) is 24.4. The Hall–Kier alpha value is -2.77. The van der Waals surface area contributed by atoms with Crippen LogP contribution in [0.25, 0.3) is 0 Å². The van der Waals surface area contributed by atoms with Gasteiger partial charge in [0.25, 0.3) is 16.6 Å². The van der Waals surface area contributed by atoms with Gasteiger partial charge in [-0.05, 0) is 47.7 Å². The number of rotatable bonds is 9. The second kappa shape index (κ2) is 10.7. The van der Waals surface area contributed by atoms with Gasteiger partial charge in [-0.15, -0.1) is 0 Å². The summed E-state index contributed by atoms with van der Waals surface area (Å²) in [7, 11) is -4.85. The van der Waals surface area contributed by atoms with E-state index in [1.54, 1.807) is 0 Å². The van der Waals surface area contributed by atoms with Crippen molar-refractivity contribution in [3.8, 4) is 0 Å². The first-order valence-electron chi connectivity index (χ1n) is 12.0. The molecule has 4 rings (SSSR count). The summed E-state index contributed by atoms with van der Waals surface area (Å²) in [6, 6.07) is 42.7. The summed E-state index contributed by atoms with van der Waals surface area (Å²) < 4.78 is 14.1. The molecule has 34 heavy (non-hydrogen) atoms. The Balaban J connectivity index is 1.64. The maximum Gasteiger partial charge on any atom is 0.253 e. The van der Waals surface area contributed by atoms with E-state index in [0.717, 1.165) is 0 Å². The molecular formula is C30H34O2Si2. The van der Waals surface area contributed by atoms with Crippen molar-refractivity contribution in [1.29, 1.82) is 0 Å². The number of hydrogen-bond donors (Lipinski definition) is 0. The highest BCUT2D eigenvalue weighted by Crippen LogP contribution is 2.18. The Morgan fingerprint density at radius 2 is 0.618 bits per heavy atom. The predicted molar refractivity (Wildman–Crippen MR) is 149 cm³/mol. The quantitative estimate of drug-likeness (QED) is 0.325. The summed E-state index contributed by atoms with van der Waals surface area (Å²) in [6.07, 6.45) is -0.146. The molecule has 0 aliphatic carbocycles. The third kappa shape index (κ3) is 5.16. The molecule has 2 atom stereocenters. The molecule has 4 heteroatoms. The third-order valence-corrected chi connectivity index (χ3v) is 14.2. The van der Waals surface area contributed by atoms with E-state index in [-0.39, 0.29) is 12.2 Å². The van der Waals surface area contributed by atoms with Crippen LogP contribution in [-0.4, -0.2) is 28.8 Å². The lowest BCUT2D eigenvalue weighted by molar-refractivity contribution is 0.0730. The maximum absolute atomic E-state index is 7.03. The third-order valence-electron chi connectivity index (χ3n) is 6.80. The molecule has 0 spiro atoms. The Morgan fingerprint density at radius 1 is 0.412 bits per heavy atom. The van der Waals surface area contributed by atoms with Crippen LogP contribution < -0.4 is 20.7 Å². The predicted octanol–water partition coefficient (Wildman–Crippen LogP) is 4.58. The van der Waals surface area contributed by atoms with E-state index in [0.29, 0.717) is 0 Å². The van der Waals surface area contributed by atoms with Gasteiger partial charge in [0, 0.05) is 0 Å². The summed E-state index contributed by atoms with van der Waals surface area (Å²) in [5, 5.41) is 5.08. The average Bonchev–Trinajstić information content (AvgIpc) is 2.90. The fourth-order valence-corrected chi connectivity index (χ4v) is 11.0. The molecule has 0 unspecified atom stereocenters. The monoisotopic (exact) mass is 482 g/mol. The summed E-state index contributed by atoms with van der Waals surface area (Å²) in [5.41, 5.74) is 0. The van der Waals surface area contributed by atoms with Crippen LogP contribution in [0.3, 0.4) is 0 Å². The molecule has 2 nitrogen and oxygen atoms in total. The van der Waals surface area contributed by atoms with Crippen LogP contribution in [0, 0.1) is 0 Å². The van der Waals surface area contributed by atoms with Crippen molar-refractivity contribution in [3.05, 3.63) is 121 Å². The van der Waals surface area contributed by atoms with Gasteiger partial charge in [0.2, 0.25) is 0 Å². The van der Waals surface area contributed by atoms with Crippen LogP contribution in [-0.2, 0) is 8.85 Å². The zero-order valence-corrected chi connectivity index (χ0v) is 22.5. The number of benzene rings is 4. The van der Waals surface area contributed by atoms with Crippen molar-refractivity contribution in [3.63, 3.8) is 0 Å². The van der Waals surface area contributed by atoms with E-state index in [1.807, 2.05) is 0 Å². The van der Waals surface area contributed by atoms with Gasteiger partial charge < -0.3 is 8.85 Å². The molecule has 0 aliphatic heterocycles. The molecule has 0 heterocycles. The molecule has 0 aliphatic rings. The van der Waals surface area contributed by atoms with Gasteiger partial charge in [0.05, 0.1) is 12.2 Å². The van der Waals surface area contributed by atoms with Gasteiger partial charge in [0.1, 0.15) is 0 Å². The van der Waals surface area contributed by atoms with Gasteiger partial charge in [-0.1, -0.05) is 121 Å². The Labute approximate surface area is 206 Å². The molecule has 0 bridgehead atoms. The van der Waals surface area contributed by atoms with Crippen molar-refractivity contribution in [1.82, 2.24) is 0 Å². The van der Waals surface area contributed by atoms with E-state index in [4.69, 9.17) is 8.85 Å². The minimum atomic E-state index is -2.43. The van der Waals surface area contributed by atoms with E-state index < -0.39 is 16.6 Å². The summed E-state index contributed by atoms with van der Waals surface area (Å²) in [6.45, 7) is 8.91. The fraction of sp³-hybridized carbons (Fsp3) is 0.200. The van der Waals surface area contributed by atoms with Crippen LogP contribution in [0.5, 0.6) is 0 Å². The molecule has 0 fully saturated rings. The van der Waals surface area contributed by atoms with Crippen LogP contribution >= 0.6 is 0 Å². The van der Waals surface area contributed by atoms with Crippen LogP contribution in [0.15, 0.2) is 121 Å². The molecule has 4 aromatic rings. The summed E-state index contributed by atoms with van der Waals surface area (Å²) >= 11 is 0. The van der Waals surface area contributed by atoms with Gasteiger partial charge in [-0.3, -0.25) is 0 Å². The first-order chi connectivity index (χ1) is 16.4. The van der Waals surface area contributed by atoms with Gasteiger partial charge in [-0.25, -0.2) is 0 Å². The van der Waals surface area contributed by atoms with Crippen molar-refractivity contribution < 1.29 is 8.85 Å². The van der Waals surface area contributed by atoms with Crippen molar-refractivity contribution in [2.24, 2.45) is 0 Å². The lowest BCUT2D eigenvalue weighted by Gasteiger charge is -2.38. The van der Waals surface area contributed by atoms with Crippen LogP contribution in [0.1, 0.15) is 13.8 Å². The van der Waals surface area contributed by atoms with Crippen LogP contribution in [0.4, 0.5) is 0 Å². The van der Waals surface area contributed by atoms with E-state index in [2.05, 4.69) is 148 Å². The molecule has 0 saturated heterocycles. The highest BCUT2D eigenvalue weighted by atomic mass is 28.4. The van der Waals surface area contributed by atoms with E-state index in [9.17, 15) is 0 Å². The highest BCUT2D eigenvalue weighted by Gasteiger charge is 2.40. The minimum Gasteiger partial charge on any atom is -0.403 e. The lowest BCUT2D eigenvalue weighted by atomic mass is 10.3. The highest BCUT2D eigenvalue weighted by molar-refractivity contribution is 6.97. The van der Waals surface area contributed by atoms with Gasteiger partial charge in [-0.2, -0.15) is 0 Å². The van der Waals surface area contributed by atoms with Crippen molar-refractivity contribution >= 4 is 37.4 Å². The molecule has 174 valence electrons. The standard InChI is InChI=1S/C30H34O2Si2/c1-25(31-33(3,27-17-9-5-10-18-27)28-19-11-6-12-20-28)26(2)32-34(4,29-21-13-7-14-22-29)30-23-15-8-16-24-30/h5-26H,1-4H3/t25-,26-/m1/s1. The van der Waals surface area contributed by atoms with Gasteiger partial charge >= 0.3 is 0 Å². The lowest BCUT2D eigenvalue weighted by Crippen LogP contribution is -2.63. The SMILES string of the molecule is C[C@@H](O[Si](C)(c1ccccc1)c1ccccc1)[C@@H](C)O[Si](C)(c1ccccc1)c1ccccc1. The Kier molecular flexibility index (Phi) is 7.64. The van der Waals surface area contributed by atoms with E-state index in [1.165, 1.54) is 20.7 Å². The summed E-state index contributed by atoms with van der Waals surface area (Å²) in [4.78, 5) is 0. The smallest absolute Gasteiger partial charge is 0.253 e. The van der Waals surface area contributed by atoms with Crippen molar-refractivity contribution in [2.45, 2.75) is 39.1 Å². The molecule has 4 aromatic carbocycles. The second-order valence-corrected chi connectivity index (χ2v) is 16.1. The van der Waals surface area contributed by atoms with Crippen LogP contribution in [0.2, 0.25) is 13.1 Å². The molecule has 0 aromatic heterocycles. The zero-order valence-electron chi connectivity index (χ0n) is 20.5. The summed E-state index contributed by atoms with van der Waals surface area (Å²) in [5.74, 6) is 0. The molecule has 0 amide bonds. The average molecular weight is 483 g/mol. The molecule has 0 saturated carbocycles. The maximum atomic E-state index is 7.03. The van der Waals surface area contributed by atoms with E-state index >= 15 is 0 Å². The number of hydrogen-bond acceptors (Lipinski definition) is 2. The topological polar surface area (TPSA) is 18.5 Å². The van der Waals surface area contributed by atoms with Crippen molar-refractivity contribution in [2.75, 3.05) is 0 Å². The fourth-order valence-electron chi connectivity index (χ4n) is 4.57. The normalized spacial score (nSPS) is 13.9. The second-order valence-electron chi connectivity index (χ2n) is 9.18.